The van der Waals surface area contributed by atoms with Crippen molar-refractivity contribution in [1.82, 2.24) is 5.32 Å². The highest BCUT2D eigenvalue weighted by Gasteiger charge is 2.28. The molecule has 0 aromatic heterocycles. The molecule has 0 unspecified atom stereocenters. The van der Waals surface area contributed by atoms with Gasteiger partial charge in [-0.3, -0.25) is 0 Å². The minimum Gasteiger partial charge on any atom is -0.491 e. The summed E-state index contributed by atoms with van der Waals surface area (Å²) in [6.45, 7) is 3.01. The summed E-state index contributed by atoms with van der Waals surface area (Å²) in [5, 5.41) is 2.74. The van der Waals surface area contributed by atoms with Crippen LogP contribution in [-0.4, -0.2) is 52.3 Å². The average Bonchev–Trinajstić information content (AvgIpc) is 3.18. The van der Waals surface area contributed by atoms with E-state index in [2.05, 4.69) is 29.6 Å². The van der Waals surface area contributed by atoms with Gasteiger partial charge in [0.2, 0.25) is 0 Å². The van der Waals surface area contributed by atoms with Crippen molar-refractivity contribution < 1.29 is 23.7 Å². The third kappa shape index (κ3) is 6.34. The van der Waals surface area contributed by atoms with E-state index in [-0.39, 0.29) is 5.92 Å². The van der Waals surface area contributed by atoms with Crippen LogP contribution in [0.1, 0.15) is 17.0 Å². The second-order valence-electron chi connectivity index (χ2n) is 7.64. The maximum absolute atomic E-state index is 12.1. The smallest absolute Gasteiger partial charge is 0.407 e. The number of rotatable bonds is 12. The predicted molar refractivity (Wildman–Crippen MR) is 127 cm³/mol. The third-order valence-corrected chi connectivity index (χ3v) is 5.47. The van der Waals surface area contributed by atoms with Crippen molar-refractivity contribution in [1.29, 1.82) is 0 Å². The number of fused-ring (bicyclic) bond motifs is 3. The van der Waals surface area contributed by atoms with Gasteiger partial charge in [0.25, 0.3) is 0 Å². The summed E-state index contributed by atoms with van der Waals surface area (Å²) in [6, 6.07) is 26.2. The summed E-state index contributed by atoms with van der Waals surface area (Å²) < 4.78 is 22.0. The van der Waals surface area contributed by atoms with Crippen molar-refractivity contribution in [3.8, 4) is 16.9 Å². The van der Waals surface area contributed by atoms with Crippen LogP contribution in [0.3, 0.4) is 0 Å². The van der Waals surface area contributed by atoms with E-state index >= 15 is 0 Å². The molecule has 1 N–H and O–H groups in total. The van der Waals surface area contributed by atoms with Crippen molar-refractivity contribution in [2.75, 3.05) is 46.2 Å². The van der Waals surface area contributed by atoms with E-state index in [1.54, 1.807) is 0 Å². The summed E-state index contributed by atoms with van der Waals surface area (Å²) >= 11 is 0. The van der Waals surface area contributed by atoms with Gasteiger partial charge in [-0.1, -0.05) is 66.7 Å². The molecule has 3 aromatic carbocycles. The number of alkyl carbamates (subject to hydrolysis) is 1. The molecular formula is C27H29NO5. The third-order valence-electron chi connectivity index (χ3n) is 5.47. The fourth-order valence-corrected chi connectivity index (χ4v) is 3.93. The molecule has 0 aliphatic heterocycles. The highest BCUT2D eigenvalue weighted by atomic mass is 16.6. The zero-order valence-corrected chi connectivity index (χ0v) is 18.6. The zero-order valence-electron chi connectivity index (χ0n) is 18.6. The first kappa shape index (κ1) is 22.8. The average molecular weight is 448 g/mol. The molecule has 6 nitrogen and oxygen atoms in total. The lowest BCUT2D eigenvalue weighted by Gasteiger charge is -2.14. The fraction of sp³-hybridized carbons (Fsp3) is 0.296. The number of ether oxygens (including phenoxy) is 4. The highest BCUT2D eigenvalue weighted by Crippen LogP contribution is 2.44. The zero-order chi connectivity index (χ0) is 22.7. The lowest BCUT2D eigenvalue weighted by Crippen LogP contribution is -2.29. The maximum Gasteiger partial charge on any atom is 0.407 e. The van der Waals surface area contributed by atoms with Crippen molar-refractivity contribution >= 4 is 6.09 Å². The Morgan fingerprint density at radius 3 is 1.97 bits per heavy atom. The molecule has 6 heteroatoms. The molecule has 1 amide bonds. The van der Waals surface area contributed by atoms with Crippen LogP contribution < -0.4 is 10.1 Å². The van der Waals surface area contributed by atoms with E-state index in [0.29, 0.717) is 46.2 Å². The van der Waals surface area contributed by atoms with E-state index < -0.39 is 6.09 Å². The van der Waals surface area contributed by atoms with Gasteiger partial charge in [0.15, 0.2) is 0 Å². The van der Waals surface area contributed by atoms with E-state index in [9.17, 15) is 4.79 Å². The van der Waals surface area contributed by atoms with Crippen LogP contribution in [0.4, 0.5) is 4.79 Å². The van der Waals surface area contributed by atoms with Crippen molar-refractivity contribution in [3.63, 3.8) is 0 Å². The van der Waals surface area contributed by atoms with Crippen LogP contribution in [0.25, 0.3) is 11.1 Å². The standard InChI is InChI=1S/C27H29NO5/c29-27(28-14-15-30-16-17-31-18-19-32-21-8-2-1-3-9-21)33-20-26-24-12-6-4-10-22(24)23-11-5-7-13-25(23)26/h1-13,26H,14-20H2,(H,28,29). The molecule has 0 atom stereocenters. The Bertz CT molecular complexity index is 978. The number of hydrogen-bond donors (Lipinski definition) is 1. The van der Waals surface area contributed by atoms with E-state index in [0.717, 1.165) is 5.75 Å². The first-order valence-electron chi connectivity index (χ1n) is 11.2. The quantitative estimate of drug-likeness (QED) is 0.410. The van der Waals surface area contributed by atoms with Gasteiger partial charge in [-0.15, -0.1) is 0 Å². The molecule has 0 saturated heterocycles. The first-order chi connectivity index (χ1) is 16.3. The summed E-state index contributed by atoms with van der Waals surface area (Å²) in [5.74, 6) is 0.888. The van der Waals surface area contributed by atoms with E-state index in [4.69, 9.17) is 18.9 Å². The van der Waals surface area contributed by atoms with Gasteiger partial charge in [0, 0.05) is 12.5 Å². The largest absolute Gasteiger partial charge is 0.491 e. The highest BCUT2D eigenvalue weighted by molar-refractivity contribution is 5.79. The number of benzene rings is 3. The number of carbonyl (C=O) groups is 1. The van der Waals surface area contributed by atoms with Crippen molar-refractivity contribution in [3.05, 3.63) is 90.0 Å². The van der Waals surface area contributed by atoms with Crippen LogP contribution in [0.15, 0.2) is 78.9 Å². The van der Waals surface area contributed by atoms with Crippen LogP contribution >= 0.6 is 0 Å². The Labute approximate surface area is 194 Å². The molecule has 0 fully saturated rings. The monoisotopic (exact) mass is 447 g/mol. The topological polar surface area (TPSA) is 66.0 Å². The SMILES string of the molecule is O=C(NCCOCCOCCOc1ccccc1)OCC1c2ccccc2-c2ccccc21. The van der Waals surface area contributed by atoms with Crippen molar-refractivity contribution in [2.24, 2.45) is 0 Å². The first-order valence-corrected chi connectivity index (χ1v) is 11.2. The minimum atomic E-state index is -0.435. The predicted octanol–water partition coefficient (Wildman–Crippen LogP) is 4.64. The molecule has 33 heavy (non-hydrogen) atoms. The van der Waals surface area contributed by atoms with Crippen LogP contribution in [-0.2, 0) is 14.2 Å². The molecule has 0 spiro atoms. The molecular weight excluding hydrogens is 418 g/mol. The van der Waals surface area contributed by atoms with E-state index in [1.165, 1.54) is 22.3 Å². The number of amides is 1. The molecule has 0 bridgehead atoms. The van der Waals surface area contributed by atoms with Gasteiger partial charge in [0.1, 0.15) is 19.0 Å². The maximum atomic E-state index is 12.1. The van der Waals surface area contributed by atoms with Gasteiger partial charge >= 0.3 is 6.09 Å². The van der Waals surface area contributed by atoms with Crippen molar-refractivity contribution in [2.45, 2.75) is 5.92 Å². The van der Waals surface area contributed by atoms with Crippen LogP contribution in [0, 0.1) is 0 Å². The Kier molecular flexibility index (Phi) is 8.33. The summed E-state index contributed by atoms with van der Waals surface area (Å²) in [5.41, 5.74) is 4.82. The second kappa shape index (κ2) is 12.0. The molecule has 0 heterocycles. The van der Waals surface area contributed by atoms with Gasteiger partial charge < -0.3 is 24.3 Å². The van der Waals surface area contributed by atoms with E-state index in [1.807, 2.05) is 54.6 Å². The minimum absolute atomic E-state index is 0.0578. The molecule has 1 aliphatic rings. The molecule has 3 aromatic rings. The fourth-order valence-electron chi connectivity index (χ4n) is 3.93. The lowest BCUT2D eigenvalue weighted by molar-refractivity contribution is 0.0369. The Balaban J connectivity index is 1.06. The number of hydrogen-bond acceptors (Lipinski definition) is 5. The Morgan fingerprint density at radius 2 is 1.27 bits per heavy atom. The number of carbonyl (C=O) groups excluding carboxylic acids is 1. The van der Waals surface area contributed by atoms with Gasteiger partial charge in [-0.05, 0) is 34.4 Å². The van der Waals surface area contributed by atoms with Crippen LogP contribution in [0.2, 0.25) is 0 Å². The number of para-hydroxylation sites is 1. The summed E-state index contributed by atoms with van der Waals surface area (Å²) in [7, 11) is 0. The molecule has 1 aliphatic carbocycles. The summed E-state index contributed by atoms with van der Waals surface area (Å²) in [6.07, 6.45) is -0.435. The van der Waals surface area contributed by atoms with Gasteiger partial charge in [-0.2, -0.15) is 0 Å². The van der Waals surface area contributed by atoms with Gasteiger partial charge in [-0.25, -0.2) is 4.79 Å². The molecule has 0 radical (unpaired) electrons. The Hall–Kier alpha value is -3.35. The molecule has 4 rings (SSSR count). The van der Waals surface area contributed by atoms with Crippen LogP contribution in [0.5, 0.6) is 5.75 Å². The lowest BCUT2D eigenvalue weighted by atomic mass is 9.98. The second-order valence-corrected chi connectivity index (χ2v) is 7.64. The van der Waals surface area contributed by atoms with Gasteiger partial charge in [0.05, 0.1) is 26.4 Å². The Morgan fingerprint density at radius 1 is 0.697 bits per heavy atom. The summed E-state index contributed by atoms with van der Waals surface area (Å²) in [4.78, 5) is 12.1. The number of nitrogens with one attached hydrogen (secondary N) is 1. The molecule has 0 saturated carbocycles. The molecule has 172 valence electrons. The normalized spacial score (nSPS) is 12.1.